The molecule has 0 fully saturated rings. The molecule has 9 N–H and O–H groups in total. The van der Waals surface area contributed by atoms with Crippen LogP contribution >= 0.6 is 11.3 Å². The second-order valence-corrected chi connectivity index (χ2v) is 10.5. The van der Waals surface area contributed by atoms with Crippen LogP contribution in [0.15, 0.2) is 40.1 Å². The minimum atomic E-state index is -4.22. The Hall–Kier alpha value is -2.86. The largest absolute Gasteiger partial charge is 0.768 e. The third-order valence-corrected chi connectivity index (χ3v) is 7.67. The van der Waals surface area contributed by atoms with Gasteiger partial charge in [0.1, 0.15) is 0 Å². The maximum absolute atomic E-state index is 12.9. The Morgan fingerprint density at radius 2 is 2.03 bits per heavy atom. The molecule has 16 heteroatoms. The molecule has 2 aromatic carbocycles. The average molecular weight is 511 g/mol. The summed E-state index contributed by atoms with van der Waals surface area (Å²) in [6, 6.07) is 7.52. The molecule has 0 saturated heterocycles. The maximum atomic E-state index is 12.9. The molecular formula is C17H20N9O4S3-. The smallest absolute Gasteiger partial charge is 0.241 e. The topological polar surface area (TPSA) is 241 Å². The number of H-pyrrole nitrogens is 1. The molecule has 4 aromatic rings. The van der Waals surface area contributed by atoms with Crippen molar-refractivity contribution < 1.29 is 17.2 Å². The van der Waals surface area contributed by atoms with Gasteiger partial charge in [0.25, 0.3) is 0 Å². The molecule has 4 rings (SSSR count). The fourth-order valence-electron chi connectivity index (χ4n) is 3.16. The molecule has 0 aliphatic rings. The summed E-state index contributed by atoms with van der Waals surface area (Å²) >= 11 is -1.71. The molecule has 0 aliphatic heterocycles. The normalized spacial score (nSPS) is 13.5. The molecule has 0 aliphatic carbocycles. The minimum absolute atomic E-state index is 0. The first-order valence-corrected chi connectivity index (χ1v) is 12.5. The van der Waals surface area contributed by atoms with E-state index < -0.39 is 36.9 Å². The molecule has 33 heavy (non-hydrogen) atoms. The first kappa shape index (κ1) is 24.8. The first-order valence-electron chi connectivity index (χ1n) is 9.09. The Balaban J connectivity index is 0.00000306. The van der Waals surface area contributed by atoms with E-state index in [1.165, 1.54) is 23.5 Å². The number of nitrogens with zero attached hydrogens (tertiary/aromatic N) is 4. The molecule has 2 aromatic heterocycles. The molecule has 176 valence electrons. The average Bonchev–Trinajstić information content (AvgIpc) is 3.39. The van der Waals surface area contributed by atoms with E-state index in [0.717, 1.165) is 4.70 Å². The number of para-hydroxylation sites is 1. The van der Waals surface area contributed by atoms with Gasteiger partial charge in [-0.3, -0.25) is 4.21 Å². The summed E-state index contributed by atoms with van der Waals surface area (Å²) in [5, 5.41) is 13.9. The van der Waals surface area contributed by atoms with Crippen molar-refractivity contribution in [2.45, 2.75) is 22.8 Å². The third-order valence-electron chi connectivity index (χ3n) is 4.47. The molecule has 0 spiro atoms. The van der Waals surface area contributed by atoms with Gasteiger partial charge < -0.3 is 22.2 Å². The molecule has 0 amide bonds. The summed E-state index contributed by atoms with van der Waals surface area (Å²) in [5.41, 5.74) is 12.9. The molecule has 0 bridgehead atoms. The van der Waals surface area contributed by atoms with Gasteiger partial charge >= 0.3 is 0 Å². The van der Waals surface area contributed by atoms with Crippen molar-refractivity contribution in [3.05, 3.63) is 30.3 Å². The summed E-state index contributed by atoms with van der Waals surface area (Å²) in [6.07, 6.45) is 0. The van der Waals surface area contributed by atoms with Gasteiger partial charge in [-0.25, -0.2) is 18.1 Å². The van der Waals surface area contributed by atoms with Crippen molar-refractivity contribution in [1.29, 1.82) is 0 Å². The lowest BCUT2D eigenvalue weighted by molar-refractivity contribution is 0.532. The quantitative estimate of drug-likeness (QED) is 0.217. The number of aromatic nitrogens is 5. The van der Waals surface area contributed by atoms with Crippen LogP contribution in [-0.4, -0.2) is 55.4 Å². The Labute approximate surface area is 194 Å². The van der Waals surface area contributed by atoms with Crippen molar-refractivity contribution in [3.63, 3.8) is 0 Å². The lowest BCUT2D eigenvalue weighted by Crippen LogP contribution is -2.35. The van der Waals surface area contributed by atoms with Gasteiger partial charge in [0, 0.05) is 23.7 Å². The number of thiazole rings is 1. The molecule has 0 radical (unpaired) electrons. The van der Waals surface area contributed by atoms with E-state index >= 15 is 0 Å². The van der Waals surface area contributed by atoms with Crippen molar-refractivity contribution in [3.8, 4) is 22.5 Å². The fraction of sp³-hybridized carbons (Fsp3) is 0.176. The van der Waals surface area contributed by atoms with Crippen molar-refractivity contribution in [1.82, 2.24) is 36.5 Å². The Morgan fingerprint density at radius 1 is 1.27 bits per heavy atom. The number of nitrogens with one attached hydrogen (secondary N) is 2. The van der Waals surface area contributed by atoms with E-state index in [0.29, 0.717) is 21.8 Å². The fourth-order valence-corrected chi connectivity index (χ4v) is 6.28. The molecule has 0 saturated carbocycles. The van der Waals surface area contributed by atoms with Crippen LogP contribution in [-0.2, 0) is 21.1 Å². The molecule has 1 unspecified atom stereocenters. The van der Waals surface area contributed by atoms with Crippen molar-refractivity contribution in [2.75, 3.05) is 12.3 Å². The maximum Gasteiger partial charge on any atom is 0.241 e. The highest BCUT2D eigenvalue weighted by molar-refractivity contribution is 7.90. The van der Waals surface area contributed by atoms with Crippen LogP contribution in [0.2, 0.25) is 0 Å². The number of hydrogen-bond donors (Lipinski definition) is 5. The zero-order valence-electron chi connectivity index (χ0n) is 17.2. The van der Waals surface area contributed by atoms with E-state index in [2.05, 4.69) is 30.3 Å². The lowest BCUT2D eigenvalue weighted by atomic mass is 9.98. The summed E-state index contributed by atoms with van der Waals surface area (Å²) < 4.78 is 53.6. The Bertz CT molecular complexity index is 1420. The zero-order valence-corrected chi connectivity index (χ0v) is 19.6. The molecule has 13 nitrogen and oxygen atoms in total. The highest BCUT2D eigenvalue weighted by atomic mass is 32.2. The van der Waals surface area contributed by atoms with E-state index in [4.69, 9.17) is 11.5 Å². The molecular weight excluding hydrogens is 490 g/mol. The van der Waals surface area contributed by atoms with Gasteiger partial charge in [-0.15, -0.1) is 10.2 Å². The number of anilines is 1. The predicted octanol–water partition coefficient (Wildman–Crippen LogP) is 0.751. The molecule has 2 heterocycles. The number of nitrogen functional groups attached to an aromatic ring is 1. The van der Waals surface area contributed by atoms with Gasteiger partial charge in [-0.05, 0) is 40.9 Å². The van der Waals surface area contributed by atoms with Gasteiger partial charge in [-0.2, -0.15) is 5.21 Å². The standard InChI is InChI=1S/C17H18N8O4S3.H3N/c1-8(18)7-20-32(28,29)12-6-5-9(10-3-2-4-11-14(10)21-17(19)30-11)13(15(12)31(26)27)16-22-24-25-23-16;/h2-6,8,20H,7,18H2,1H3,(H2,19,21)(H,26,27)(H,22,23,24,25);1H3/p-1/t8-;/m1./s1. The highest BCUT2D eigenvalue weighted by Gasteiger charge is 2.28. The van der Waals surface area contributed by atoms with Gasteiger partial charge in [0.15, 0.2) is 5.13 Å². The van der Waals surface area contributed by atoms with Crippen LogP contribution in [0.4, 0.5) is 5.13 Å². The van der Waals surface area contributed by atoms with E-state index in [1.807, 2.05) is 6.07 Å². The van der Waals surface area contributed by atoms with Crippen molar-refractivity contribution in [2.24, 2.45) is 5.73 Å². The van der Waals surface area contributed by atoms with Gasteiger partial charge in [0.2, 0.25) is 15.8 Å². The highest BCUT2D eigenvalue weighted by Crippen LogP contribution is 2.41. The van der Waals surface area contributed by atoms with Crippen LogP contribution in [0, 0.1) is 0 Å². The number of benzene rings is 2. The van der Waals surface area contributed by atoms with E-state index in [-0.39, 0.29) is 24.1 Å². The monoisotopic (exact) mass is 510 g/mol. The number of rotatable bonds is 7. The van der Waals surface area contributed by atoms with Crippen LogP contribution in [0.3, 0.4) is 0 Å². The zero-order chi connectivity index (χ0) is 23.0. The van der Waals surface area contributed by atoms with E-state index in [1.54, 1.807) is 19.1 Å². The van der Waals surface area contributed by atoms with Crippen LogP contribution in [0.1, 0.15) is 6.92 Å². The second-order valence-electron chi connectivity index (χ2n) is 6.82. The number of sulfonamides is 1. The van der Waals surface area contributed by atoms with Crippen molar-refractivity contribution >= 4 is 47.8 Å². The lowest BCUT2D eigenvalue weighted by Gasteiger charge is -2.19. The van der Waals surface area contributed by atoms with Crippen LogP contribution in [0.25, 0.3) is 32.7 Å². The van der Waals surface area contributed by atoms with E-state index in [9.17, 15) is 17.2 Å². The minimum Gasteiger partial charge on any atom is -0.768 e. The summed E-state index contributed by atoms with van der Waals surface area (Å²) in [6.45, 7) is 1.53. The summed E-state index contributed by atoms with van der Waals surface area (Å²) in [4.78, 5) is 3.38. The molecule has 2 atom stereocenters. The number of aromatic amines is 1. The predicted molar refractivity (Wildman–Crippen MR) is 124 cm³/mol. The van der Waals surface area contributed by atoms with Gasteiger partial charge in [-0.1, -0.05) is 29.5 Å². The number of hydrogen-bond acceptors (Lipinski definition) is 12. The second kappa shape index (κ2) is 9.56. The van der Waals surface area contributed by atoms with Gasteiger partial charge in [0.05, 0.1) is 20.0 Å². The van der Waals surface area contributed by atoms with Crippen LogP contribution < -0.4 is 22.3 Å². The third kappa shape index (κ3) is 4.76. The number of fused-ring (bicyclic) bond motifs is 1. The first-order chi connectivity index (χ1) is 15.2. The SMILES string of the molecule is C[C@@H](N)CNS(=O)(=O)c1ccc(-c2cccc3sc(N)nc23)c(-c2nn[nH]n2)c1S(=O)[O-].N. The Kier molecular flexibility index (Phi) is 7.17. The Morgan fingerprint density at radius 3 is 2.67 bits per heavy atom. The summed E-state index contributed by atoms with van der Waals surface area (Å²) in [7, 11) is -4.22. The number of nitrogens with two attached hydrogens (primary N) is 2. The summed E-state index contributed by atoms with van der Waals surface area (Å²) in [5.74, 6) is -0.0938. The number of tetrazole rings is 1. The van der Waals surface area contributed by atoms with Crippen LogP contribution in [0.5, 0.6) is 0 Å².